The number of hydrogen-bond donors (Lipinski definition) is 1. The predicted molar refractivity (Wildman–Crippen MR) is 75.4 cm³/mol. The number of rotatable bonds is 5. The minimum absolute atomic E-state index is 0.446. The summed E-state index contributed by atoms with van der Waals surface area (Å²) in [6.45, 7) is 4.03. The molecule has 1 aliphatic carbocycles. The molecule has 20 heavy (non-hydrogen) atoms. The van der Waals surface area contributed by atoms with Crippen molar-refractivity contribution in [2.24, 2.45) is 0 Å². The summed E-state index contributed by atoms with van der Waals surface area (Å²) < 4.78 is 1.88. The first-order chi connectivity index (χ1) is 9.69. The second-order valence-electron chi connectivity index (χ2n) is 4.94. The molecule has 2 N–H and O–H groups in total. The van der Waals surface area contributed by atoms with E-state index in [4.69, 9.17) is 5.73 Å². The van der Waals surface area contributed by atoms with Gasteiger partial charge in [-0.2, -0.15) is 0 Å². The van der Waals surface area contributed by atoms with E-state index in [0.717, 1.165) is 47.3 Å². The molecule has 0 aliphatic heterocycles. The van der Waals surface area contributed by atoms with Crippen LogP contribution >= 0.6 is 11.8 Å². The molecule has 0 bridgehead atoms. The Hall–Kier alpha value is -1.70. The molecule has 0 unspecified atom stereocenters. The van der Waals surface area contributed by atoms with Crippen LogP contribution < -0.4 is 5.73 Å². The van der Waals surface area contributed by atoms with E-state index in [1.54, 1.807) is 0 Å². The van der Waals surface area contributed by atoms with Crippen molar-refractivity contribution in [2.75, 3.05) is 5.73 Å². The van der Waals surface area contributed by atoms with Crippen LogP contribution in [0, 0.1) is 6.92 Å². The highest BCUT2D eigenvalue weighted by atomic mass is 32.2. The molecule has 2 heterocycles. The van der Waals surface area contributed by atoms with Crippen LogP contribution in [0.3, 0.4) is 0 Å². The third-order valence-electron chi connectivity index (χ3n) is 3.20. The minimum Gasteiger partial charge on any atom is -0.383 e. The lowest BCUT2D eigenvalue weighted by atomic mass is 10.3. The van der Waals surface area contributed by atoms with Crippen LogP contribution in [-0.2, 0) is 6.42 Å². The number of nitrogens with two attached hydrogens (primary N) is 1. The maximum absolute atomic E-state index is 5.97. The summed E-state index contributed by atoms with van der Waals surface area (Å²) in [5.74, 6) is 1.32. The van der Waals surface area contributed by atoms with E-state index in [0.29, 0.717) is 11.9 Å². The van der Waals surface area contributed by atoms with Gasteiger partial charge in [0.2, 0.25) is 5.16 Å². The van der Waals surface area contributed by atoms with Crippen molar-refractivity contribution in [1.29, 1.82) is 0 Å². The van der Waals surface area contributed by atoms with Crippen LogP contribution in [0.5, 0.6) is 0 Å². The summed E-state index contributed by atoms with van der Waals surface area (Å²) in [6.07, 6.45) is 4.10. The maximum Gasteiger partial charge on any atom is 0.215 e. The van der Waals surface area contributed by atoms with Crippen LogP contribution in [0.4, 0.5) is 5.82 Å². The Kier molecular flexibility index (Phi) is 3.56. The lowest BCUT2D eigenvalue weighted by Gasteiger charge is -2.09. The molecule has 0 amide bonds. The van der Waals surface area contributed by atoms with E-state index < -0.39 is 0 Å². The quantitative estimate of drug-likeness (QED) is 0.839. The highest BCUT2D eigenvalue weighted by Gasteiger charge is 2.28. The van der Waals surface area contributed by atoms with Gasteiger partial charge in [0.25, 0.3) is 0 Å². The van der Waals surface area contributed by atoms with Gasteiger partial charge < -0.3 is 5.73 Å². The number of anilines is 1. The summed E-state index contributed by atoms with van der Waals surface area (Å²) in [7, 11) is 0. The van der Waals surface area contributed by atoms with Crippen molar-refractivity contribution < 1.29 is 0 Å². The van der Waals surface area contributed by atoms with E-state index in [-0.39, 0.29) is 0 Å². The van der Waals surface area contributed by atoms with Crippen molar-refractivity contribution in [3.8, 4) is 0 Å². The van der Waals surface area contributed by atoms with E-state index in [2.05, 4.69) is 32.4 Å². The first-order valence-corrected chi connectivity index (χ1v) is 7.59. The maximum atomic E-state index is 5.97. The van der Waals surface area contributed by atoms with Crippen LogP contribution in [0.25, 0.3) is 0 Å². The molecule has 0 aromatic carbocycles. The van der Waals surface area contributed by atoms with Crippen LogP contribution in [0.1, 0.15) is 43.6 Å². The molecule has 0 radical (unpaired) electrons. The highest BCUT2D eigenvalue weighted by Crippen LogP contribution is 2.38. The normalized spacial score (nSPS) is 14.7. The molecule has 2 aromatic rings. The predicted octanol–water partition coefficient (Wildman–Crippen LogP) is 1.79. The lowest BCUT2D eigenvalue weighted by Crippen LogP contribution is -2.05. The largest absolute Gasteiger partial charge is 0.383 e. The number of nitrogen functional groups attached to an aromatic ring is 1. The van der Waals surface area contributed by atoms with Gasteiger partial charge >= 0.3 is 0 Å². The fourth-order valence-electron chi connectivity index (χ4n) is 1.88. The van der Waals surface area contributed by atoms with E-state index in [1.165, 1.54) is 11.8 Å². The number of aromatic nitrogens is 6. The zero-order valence-electron chi connectivity index (χ0n) is 11.6. The molecule has 8 heteroatoms. The number of hydrogen-bond acceptors (Lipinski definition) is 7. The third kappa shape index (κ3) is 2.60. The molecule has 3 rings (SSSR count). The summed E-state index contributed by atoms with van der Waals surface area (Å²) in [6, 6.07) is 0.446. The molecule has 0 atom stereocenters. The van der Waals surface area contributed by atoms with Gasteiger partial charge in [0.1, 0.15) is 16.7 Å². The molecule has 1 saturated carbocycles. The Labute approximate surface area is 121 Å². The van der Waals surface area contributed by atoms with Crippen LogP contribution in [-0.4, -0.2) is 30.2 Å². The zero-order chi connectivity index (χ0) is 14.1. The summed E-state index contributed by atoms with van der Waals surface area (Å²) in [5.41, 5.74) is 6.86. The molecular formula is C12H17N7S. The van der Waals surface area contributed by atoms with Gasteiger partial charge in [0, 0.05) is 12.0 Å². The van der Waals surface area contributed by atoms with Gasteiger partial charge in [-0.3, -0.25) is 0 Å². The minimum atomic E-state index is 0.446. The van der Waals surface area contributed by atoms with E-state index >= 15 is 0 Å². The smallest absolute Gasteiger partial charge is 0.215 e. The van der Waals surface area contributed by atoms with Gasteiger partial charge in [-0.1, -0.05) is 6.92 Å². The fraction of sp³-hybridized carbons (Fsp3) is 0.583. The molecule has 0 spiro atoms. The third-order valence-corrected chi connectivity index (χ3v) is 4.24. The highest BCUT2D eigenvalue weighted by molar-refractivity contribution is 7.99. The fourth-order valence-corrected chi connectivity index (χ4v) is 2.82. The Morgan fingerprint density at radius 2 is 2.15 bits per heavy atom. The van der Waals surface area contributed by atoms with Gasteiger partial charge in [0.05, 0.1) is 6.04 Å². The second-order valence-corrected chi connectivity index (χ2v) is 5.90. The molecular weight excluding hydrogens is 274 g/mol. The Morgan fingerprint density at radius 1 is 1.35 bits per heavy atom. The van der Waals surface area contributed by atoms with Gasteiger partial charge in [0.15, 0.2) is 0 Å². The average molecular weight is 291 g/mol. The van der Waals surface area contributed by atoms with E-state index in [1.807, 2.05) is 11.6 Å². The van der Waals surface area contributed by atoms with Crippen molar-refractivity contribution in [3.05, 3.63) is 11.4 Å². The monoisotopic (exact) mass is 291 g/mol. The molecule has 106 valence electrons. The van der Waals surface area contributed by atoms with Gasteiger partial charge in [-0.25, -0.2) is 14.6 Å². The average Bonchev–Trinajstić information content (AvgIpc) is 3.16. The SMILES string of the molecule is CCCc1nc(N)c(C)c(Sc2nnnn2C2CC2)n1. The first kappa shape index (κ1) is 13.3. The molecule has 1 fully saturated rings. The van der Waals surface area contributed by atoms with Gasteiger partial charge in [-0.15, -0.1) is 5.10 Å². The van der Waals surface area contributed by atoms with Crippen molar-refractivity contribution >= 4 is 17.6 Å². The summed E-state index contributed by atoms with van der Waals surface area (Å²) in [5, 5.41) is 13.5. The Balaban J connectivity index is 1.90. The number of nitrogens with zero attached hydrogens (tertiary/aromatic N) is 6. The lowest BCUT2D eigenvalue weighted by molar-refractivity contribution is 0.565. The van der Waals surface area contributed by atoms with Crippen LogP contribution in [0.2, 0.25) is 0 Å². The molecule has 0 saturated heterocycles. The van der Waals surface area contributed by atoms with Crippen LogP contribution in [0.15, 0.2) is 10.2 Å². The summed E-state index contributed by atoms with van der Waals surface area (Å²) >= 11 is 1.47. The standard InChI is InChI=1S/C12H17N7S/c1-3-4-9-14-10(13)7(2)11(15-9)20-12-16-17-18-19(12)8-5-6-8/h8H,3-6H2,1-2H3,(H2,13,14,15). The van der Waals surface area contributed by atoms with Crippen molar-refractivity contribution in [3.63, 3.8) is 0 Å². The molecule has 1 aliphatic rings. The Morgan fingerprint density at radius 3 is 2.85 bits per heavy atom. The van der Waals surface area contributed by atoms with Crippen molar-refractivity contribution in [2.45, 2.75) is 55.8 Å². The first-order valence-electron chi connectivity index (χ1n) is 6.77. The second kappa shape index (κ2) is 5.35. The summed E-state index contributed by atoms with van der Waals surface area (Å²) in [4.78, 5) is 8.90. The zero-order valence-corrected chi connectivity index (χ0v) is 12.4. The van der Waals surface area contributed by atoms with Crippen molar-refractivity contribution in [1.82, 2.24) is 30.2 Å². The topological polar surface area (TPSA) is 95.4 Å². The Bertz CT molecular complexity index is 620. The number of aryl methyl sites for hydroxylation is 1. The molecule has 2 aromatic heterocycles. The molecule has 7 nitrogen and oxygen atoms in total. The van der Waals surface area contributed by atoms with E-state index in [9.17, 15) is 0 Å². The number of tetrazole rings is 1. The van der Waals surface area contributed by atoms with Gasteiger partial charge in [-0.05, 0) is 48.4 Å².